The Kier molecular flexibility index (Phi) is 5.02. The van der Waals surface area contributed by atoms with E-state index in [1.807, 2.05) is 0 Å². The first-order valence-electron chi connectivity index (χ1n) is 8.17. The fraction of sp³-hybridized carbons (Fsp3) is 0.278. The Morgan fingerprint density at radius 1 is 1.26 bits per heavy atom. The monoisotopic (exact) mass is 379 g/mol. The summed E-state index contributed by atoms with van der Waals surface area (Å²) in [5.41, 5.74) is -2.75. The maximum atomic E-state index is 13.2. The minimum atomic E-state index is -4.92. The third kappa shape index (κ3) is 3.86. The molecule has 3 rings (SSSR count). The molecule has 0 spiro atoms. The van der Waals surface area contributed by atoms with E-state index in [0.717, 1.165) is 4.57 Å². The Morgan fingerprint density at radius 3 is 2.67 bits per heavy atom. The lowest BCUT2D eigenvalue weighted by molar-refractivity contribution is -0.142. The van der Waals surface area contributed by atoms with Crippen molar-refractivity contribution in [2.45, 2.75) is 25.6 Å². The normalized spacial score (nSPS) is 12.9. The largest absolute Gasteiger partial charge is 0.469 e. The zero-order valence-corrected chi connectivity index (χ0v) is 14.3. The average Bonchev–Trinajstić information content (AvgIpc) is 3.13. The van der Waals surface area contributed by atoms with Crippen LogP contribution in [0.15, 0.2) is 51.9 Å². The van der Waals surface area contributed by atoms with Crippen LogP contribution in [0.1, 0.15) is 24.4 Å². The Morgan fingerprint density at radius 2 is 2.00 bits per heavy atom. The SMILES string of the molecule is C[C@@H](C(=O)NCCc1ccco1)n1c(=O)c(C(F)(F)F)nc2ccccc21. The number of para-hydroxylation sites is 2. The second-order valence-electron chi connectivity index (χ2n) is 5.92. The van der Waals surface area contributed by atoms with Crippen LogP contribution in [-0.4, -0.2) is 22.0 Å². The van der Waals surface area contributed by atoms with Gasteiger partial charge in [0.15, 0.2) is 0 Å². The third-order valence-corrected chi connectivity index (χ3v) is 4.08. The number of rotatable bonds is 5. The molecule has 0 radical (unpaired) electrons. The zero-order chi connectivity index (χ0) is 19.6. The van der Waals surface area contributed by atoms with Gasteiger partial charge in [0.2, 0.25) is 11.6 Å². The van der Waals surface area contributed by atoms with Crippen LogP contribution >= 0.6 is 0 Å². The van der Waals surface area contributed by atoms with Crippen molar-refractivity contribution in [1.29, 1.82) is 0 Å². The number of hydrogen-bond donors (Lipinski definition) is 1. The van der Waals surface area contributed by atoms with E-state index < -0.39 is 29.4 Å². The van der Waals surface area contributed by atoms with Gasteiger partial charge in [-0.1, -0.05) is 12.1 Å². The lowest BCUT2D eigenvalue weighted by Crippen LogP contribution is -2.39. The first-order chi connectivity index (χ1) is 12.8. The number of aromatic nitrogens is 2. The van der Waals surface area contributed by atoms with E-state index in [1.54, 1.807) is 18.2 Å². The molecule has 1 amide bonds. The van der Waals surface area contributed by atoms with Crippen molar-refractivity contribution in [3.63, 3.8) is 0 Å². The Balaban J connectivity index is 1.93. The zero-order valence-electron chi connectivity index (χ0n) is 14.3. The maximum absolute atomic E-state index is 13.2. The Bertz CT molecular complexity index is 1010. The van der Waals surface area contributed by atoms with E-state index in [1.165, 1.54) is 31.4 Å². The number of nitrogens with one attached hydrogen (secondary N) is 1. The van der Waals surface area contributed by atoms with Gasteiger partial charge in [-0.2, -0.15) is 13.2 Å². The Labute approximate surface area is 151 Å². The topological polar surface area (TPSA) is 77.1 Å². The Hall–Kier alpha value is -3.10. The van der Waals surface area contributed by atoms with E-state index in [-0.39, 0.29) is 17.6 Å². The molecular weight excluding hydrogens is 363 g/mol. The van der Waals surface area contributed by atoms with Gasteiger partial charge < -0.3 is 9.73 Å². The molecule has 0 aliphatic rings. The standard InChI is InChI=1S/C18H16F3N3O3/c1-11(16(25)22-9-8-12-5-4-10-27-12)24-14-7-3-2-6-13(14)23-15(17(24)26)18(19,20)21/h2-7,10-11H,8-9H2,1H3,(H,22,25)/t11-/m0/s1. The van der Waals surface area contributed by atoms with Gasteiger partial charge in [-0.3, -0.25) is 14.2 Å². The molecule has 1 N–H and O–H groups in total. The second kappa shape index (κ2) is 7.26. The summed E-state index contributed by atoms with van der Waals surface area (Å²) in [6.07, 6.45) is -3.00. The number of hydrogen-bond acceptors (Lipinski definition) is 4. The van der Waals surface area contributed by atoms with Crippen LogP contribution in [0.5, 0.6) is 0 Å². The molecule has 0 unspecified atom stereocenters. The van der Waals surface area contributed by atoms with Crippen molar-refractivity contribution in [2.24, 2.45) is 0 Å². The molecule has 0 aliphatic carbocycles. The lowest BCUT2D eigenvalue weighted by atomic mass is 10.2. The molecule has 0 saturated heterocycles. The van der Waals surface area contributed by atoms with Crippen LogP contribution in [0, 0.1) is 0 Å². The molecule has 9 heteroatoms. The number of alkyl halides is 3. The van der Waals surface area contributed by atoms with E-state index in [2.05, 4.69) is 10.3 Å². The molecule has 6 nitrogen and oxygen atoms in total. The van der Waals surface area contributed by atoms with Crippen molar-refractivity contribution in [3.05, 3.63) is 64.5 Å². The van der Waals surface area contributed by atoms with E-state index in [0.29, 0.717) is 12.2 Å². The summed E-state index contributed by atoms with van der Waals surface area (Å²) in [4.78, 5) is 28.3. The number of amides is 1. The van der Waals surface area contributed by atoms with E-state index in [9.17, 15) is 22.8 Å². The summed E-state index contributed by atoms with van der Waals surface area (Å²) in [6.45, 7) is 1.59. The van der Waals surface area contributed by atoms with Crippen LogP contribution < -0.4 is 10.9 Å². The van der Waals surface area contributed by atoms with Crippen LogP contribution in [0.25, 0.3) is 11.0 Å². The van der Waals surface area contributed by atoms with Crippen LogP contribution in [0.3, 0.4) is 0 Å². The van der Waals surface area contributed by atoms with Crippen molar-refractivity contribution in [3.8, 4) is 0 Å². The summed E-state index contributed by atoms with van der Waals surface area (Å²) in [7, 11) is 0. The minimum Gasteiger partial charge on any atom is -0.469 e. The molecule has 0 fully saturated rings. The summed E-state index contributed by atoms with van der Waals surface area (Å²) in [6, 6.07) is 8.20. The number of nitrogens with zero attached hydrogens (tertiary/aromatic N) is 2. The van der Waals surface area contributed by atoms with Crippen molar-refractivity contribution < 1.29 is 22.4 Å². The highest BCUT2D eigenvalue weighted by atomic mass is 19.4. The fourth-order valence-electron chi connectivity index (χ4n) is 2.75. The summed E-state index contributed by atoms with van der Waals surface area (Å²) in [5.74, 6) is 0.0852. The molecule has 1 aromatic carbocycles. The van der Waals surface area contributed by atoms with Gasteiger partial charge in [0.25, 0.3) is 5.56 Å². The molecule has 142 valence electrons. The molecule has 3 aromatic rings. The van der Waals surface area contributed by atoms with Gasteiger partial charge in [0.05, 0.1) is 17.3 Å². The number of benzene rings is 1. The molecular formula is C18H16F3N3O3. The van der Waals surface area contributed by atoms with Crippen molar-refractivity contribution in [2.75, 3.05) is 6.54 Å². The van der Waals surface area contributed by atoms with Crippen LogP contribution in [-0.2, 0) is 17.4 Å². The molecule has 0 bridgehead atoms. The van der Waals surface area contributed by atoms with Gasteiger partial charge >= 0.3 is 6.18 Å². The lowest BCUT2D eigenvalue weighted by Gasteiger charge is -2.19. The van der Waals surface area contributed by atoms with Gasteiger partial charge in [0.1, 0.15) is 11.8 Å². The number of halogens is 3. The predicted molar refractivity (Wildman–Crippen MR) is 91.1 cm³/mol. The first-order valence-corrected chi connectivity index (χ1v) is 8.17. The van der Waals surface area contributed by atoms with Gasteiger partial charge in [0, 0.05) is 13.0 Å². The summed E-state index contributed by atoms with van der Waals surface area (Å²) >= 11 is 0. The van der Waals surface area contributed by atoms with Crippen molar-refractivity contribution in [1.82, 2.24) is 14.9 Å². The number of carbonyl (C=O) groups is 1. The van der Waals surface area contributed by atoms with Gasteiger partial charge in [-0.25, -0.2) is 4.98 Å². The summed E-state index contributed by atoms with van der Waals surface area (Å²) in [5, 5.41) is 2.61. The molecule has 2 heterocycles. The minimum absolute atomic E-state index is 0.0142. The maximum Gasteiger partial charge on any atom is 0.438 e. The second-order valence-corrected chi connectivity index (χ2v) is 5.92. The van der Waals surface area contributed by atoms with Crippen molar-refractivity contribution >= 4 is 16.9 Å². The quantitative estimate of drug-likeness (QED) is 0.740. The highest BCUT2D eigenvalue weighted by Crippen LogP contribution is 2.27. The molecule has 2 aromatic heterocycles. The fourth-order valence-corrected chi connectivity index (χ4v) is 2.75. The van der Waals surface area contributed by atoms with Crippen LogP contribution in [0.2, 0.25) is 0 Å². The number of fused-ring (bicyclic) bond motifs is 1. The average molecular weight is 379 g/mol. The third-order valence-electron chi connectivity index (χ3n) is 4.08. The first kappa shape index (κ1) is 18.7. The molecule has 0 aliphatic heterocycles. The number of furan rings is 1. The molecule has 27 heavy (non-hydrogen) atoms. The van der Waals surface area contributed by atoms with Gasteiger partial charge in [-0.05, 0) is 31.2 Å². The molecule has 1 atom stereocenters. The molecule has 0 saturated carbocycles. The summed E-state index contributed by atoms with van der Waals surface area (Å²) < 4.78 is 45.6. The highest BCUT2D eigenvalue weighted by Gasteiger charge is 2.38. The predicted octanol–water partition coefficient (Wildman–Crippen LogP) is 2.93. The van der Waals surface area contributed by atoms with E-state index in [4.69, 9.17) is 4.42 Å². The van der Waals surface area contributed by atoms with Gasteiger partial charge in [-0.15, -0.1) is 0 Å². The van der Waals surface area contributed by atoms with Crippen LogP contribution in [0.4, 0.5) is 13.2 Å². The highest BCUT2D eigenvalue weighted by molar-refractivity contribution is 5.83. The van der Waals surface area contributed by atoms with E-state index >= 15 is 0 Å². The number of carbonyl (C=O) groups excluding carboxylic acids is 1. The smallest absolute Gasteiger partial charge is 0.438 e.